The van der Waals surface area contributed by atoms with E-state index in [1.54, 1.807) is 27.7 Å². The first-order valence-corrected chi connectivity index (χ1v) is 17.3. The van der Waals surface area contributed by atoms with Crippen LogP contribution in [-0.2, 0) is 28.8 Å². The first kappa shape index (κ1) is 39.2. The van der Waals surface area contributed by atoms with Crippen molar-refractivity contribution in [1.29, 1.82) is 0 Å². The van der Waals surface area contributed by atoms with E-state index in [1.807, 2.05) is 0 Å². The molecule has 0 bridgehead atoms. The molecule has 2 aromatic carbocycles. The van der Waals surface area contributed by atoms with Crippen LogP contribution in [0.15, 0.2) is 48.5 Å². The van der Waals surface area contributed by atoms with Crippen LogP contribution in [-0.4, -0.2) is 106 Å². The molecule has 2 aliphatic rings. The van der Waals surface area contributed by atoms with Crippen LogP contribution < -0.4 is 32.3 Å². The minimum Gasteiger partial charge on any atom is -0.508 e. The van der Waals surface area contributed by atoms with Gasteiger partial charge in [-0.1, -0.05) is 24.3 Å². The summed E-state index contributed by atoms with van der Waals surface area (Å²) in [4.78, 5) is 77.8. The third-order valence-electron chi connectivity index (χ3n) is 8.47. The molecule has 2 aromatic rings. The Morgan fingerprint density at radius 2 is 1.06 bits per heavy atom. The molecule has 0 aliphatic carbocycles. The molecular formula is C32H40N6O11S2. The van der Waals surface area contributed by atoms with Crippen molar-refractivity contribution in [3.63, 3.8) is 0 Å². The Kier molecular flexibility index (Phi) is 11.8. The van der Waals surface area contributed by atoms with E-state index in [2.05, 4.69) is 26.6 Å². The normalized spacial score (nSPS) is 24.3. The lowest BCUT2D eigenvalue weighted by Gasteiger charge is -2.29. The predicted octanol–water partition coefficient (Wildman–Crippen LogP) is -0.202. The fourth-order valence-corrected chi connectivity index (χ4v) is 8.69. The number of aliphatic carboxylic acids is 3. The van der Waals surface area contributed by atoms with Crippen molar-refractivity contribution >= 4 is 59.2 Å². The van der Waals surface area contributed by atoms with Gasteiger partial charge in [0.05, 0.1) is 10.7 Å². The topological polar surface area (TPSA) is 290 Å². The summed E-state index contributed by atoms with van der Waals surface area (Å²) in [5.41, 5.74) is 6.56. The summed E-state index contributed by atoms with van der Waals surface area (Å²) in [7, 11) is 0. The zero-order chi connectivity index (χ0) is 38.0. The maximum absolute atomic E-state index is 14.2. The number of hydrogen-bond acceptors (Lipinski definition) is 13. The summed E-state index contributed by atoms with van der Waals surface area (Å²) >= 11 is 2.05. The van der Waals surface area contributed by atoms with E-state index in [9.17, 15) is 54.3 Å². The van der Waals surface area contributed by atoms with Gasteiger partial charge in [-0.25, -0.2) is 4.79 Å². The minimum absolute atomic E-state index is 0.0754. The van der Waals surface area contributed by atoms with E-state index in [-0.39, 0.29) is 22.6 Å². The molecule has 0 radical (unpaired) electrons. The van der Waals surface area contributed by atoms with E-state index >= 15 is 0 Å². The molecule has 51 heavy (non-hydrogen) atoms. The Labute approximate surface area is 300 Å². The molecule has 276 valence electrons. The molecule has 19 heteroatoms. The predicted molar refractivity (Wildman–Crippen MR) is 186 cm³/mol. The second-order valence-electron chi connectivity index (χ2n) is 13.1. The molecule has 2 heterocycles. The smallest absolute Gasteiger partial charge is 0.328 e. The van der Waals surface area contributed by atoms with Crippen LogP contribution in [0.25, 0.3) is 0 Å². The number of carbonyl (C=O) groups is 6. The molecule has 2 saturated heterocycles. The molecule has 12 N–H and O–H groups in total. The number of thioether (sulfide) groups is 2. The maximum Gasteiger partial charge on any atom is 0.328 e. The van der Waals surface area contributed by atoms with E-state index < -0.39 is 92.1 Å². The number of nitrogens with one attached hydrogen (secondary N) is 5. The lowest BCUT2D eigenvalue weighted by molar-refractivity contribution is -0.143. The monoisotopic (exact) mass is 748 g/mol. The van der Waals surface area contributed by atoms with Gasteiger partial charge in [0.1, 0.15) is 41.7 Å². The number of rotatable bonds is 13. The lowest BCUT2D eigenvalue weighted by Crippen LogP contribution is -2.60. The molecule has 0 saturated carbocycles. The molecule has 4 rings (SSSR count). The van der Waals surface area contributed by atoms with Crippen molar-refractivity contribution in [2.45, 2.75) is 84.2 Å². The van der Waals surface area contributed by atoms with Crippen molar-refractivity contribution in [2.75, 3.05) is 0 Å². The second kappa shape index (κ2) is 15.4. The zero-order valence-corrected chi connectivity index (χ0v) is 29.5. The standard InChI is InChI=1S/C32H40N6O11S2/c1-31(2)21(29(46)47)37-26(50-31)19(35-23(41)17(33)13-5-9-15(39)10-6-13)25(43)34-18(14-7-11-16(40)12-8-14)24(42)36-20(28(44)45)27-38-22(30(48)49)32(3,4)51-27/h5-12,17-22,26-27,37-40H,33H2,1-4H3,(H,34,43)(H,35,41)(H,36,42)(H,44,45)(H,46,47)(H,48,49)/t17-,18-,19-,20+,21+,22+,26+,27+/m1/s1. The summed E-state index contributed by atoms with van der Waals surface area (Å²) in [6.45, 7) is 6.48. The van der Waals surface area contributed by atoms with Crippen molar-refractivity contribution in [1.82, 2.24) is 26.6 Å². The lowest BCUT2D eigenvalue weighted by atomic mass is 10.0. The van der Waals surface area contributed by atoms with E-state index in [4.69, 9.17) is 5.73 Å². The van der Waals surface area contributed by atoms with Gasteiger partial charge in [-0.2, -0.15) is 0 Å². The number of aromatic hydroxyl groups is 2. The SMILES string of the molecule is CC1(C)S[C@@H]([C@H](NC(=O)[C@H](NC(=O)[C@@H](NC(=O)[C@H](N)c2ccc(O)cc2)[C@H]2N[C@@H](C(=O)O)C(C)(C)S2)c2ccc(O)cc2)C(=O)O)N[C@H]1C(=O)O. The number of carbonyl (C=O) groups excluding carboxylic acids is 3. The highest BCUT2D eigenvalue weighted by Gasteiger charge is 2.51. The molecule has 3 amide bonds. The Hall–Kier alpha value is -4.56. The summed E-state index contributed by atoms with van der Waals surface area (Å²) in [5.74, 6) is -7.03. The average molecular weight is 749 g/mol. The molecule has 2 aliphatic heterocycles. The van der Waals surface area contributed by atoms with Gasteiger partial charge in [0.25, 0.3) is 0 Å². The summed E-state index contributed by atoms with van der Waals surface area (Å²) in [6.07, 6.45) is 0. The summed E-state index contributed by atoms with van der Waals surface area (Å²) in [5, 5.41) is 60.0. The number of phenols is 2. The second-order valence-corrected chi connectivity index (χ2v) is 16.7. The van der Waals surface area contributed by atoms with Crippen LogP contribution in [0.3, 0.4) is 0 Å². The number of phenolic OH excluding ortho intramolecular Hbond substituents is 2. The first-order valence-electron chi connectivity index (χ1n) is 15.5. The zero-order valence-electron chi connectivity index (χ0n) is 27.8. The molecule has 0 aromatic heterocycles. The maximum atomic E-state index is 14.2. The number of carboxylic acids is 3. The molecule has 0 spiro atoms. The van der Waals surface area contributed by atoms with Gasteiger partial charge in [0.15, 0.2) is 6.04 Å². The fourth-order valence-electron chi connectivity index (χ4n) is 5.71. The van der Waals surface area contributed by atoms with Gasteiger partial charge >= 0.3 is 17.9 Å². The van der Waals surface area contributed by atoms with Gasteiger partial charge in [0.2, 0.25) is 17.7 Å². The summed E-state index contributed by atoms with van der Waals surface area (Å²) < 4.78 is -1.94. The third-order valence-corrected chi connectivity index (χ3v) is 11.5. The Balaban J connectivity index is 1.66. The third kappa shape index (κ3) is 9.03. The number of benzene rings is 2. The van der Waals surface area contributed by atoms with Crippen molar-refractivity contribution < 1.29 is 54.3 Å². The molecule has 2 fully saturated rings. The Morgan fingerprint density at radius 1 is 0.647 bits per heavy atom. The number of nitrogens with two attached hydrogens (primary N) is 1. The first-order chi connectivity index (χ1) is 23.7. The largest absolute Gasteiger partial charge is 0.508 e. The van der Waals surface area contributed by atoms with Crippen LogP contribution >= 0.6 is 23.5 Å². The van der Waals surface area contributed by atoms with Gasteiger partial charge in [0, 0.05) is 9.49 Å². The van der Waals surface area contributed by atoms with Gasteiger partial charge < -0.3 is 47.2 Å². The van der Waals surface area contributed by atoms with Crippen molar-refractivity contribution in [2.24, 2.45) is 5.73 Å². The van der Waals surface area contributed by atoms with Gasteiger partial charge in [-0.15, -0.1) is 23.5 Å². The van der Waals surface area contributed by atoms with Gasteiger partial charge in [-0.05, 0) is 63.1 Å². The van der Waals surface area contributed by atoms with Crippen LogP contribution in [0.5, 0.6) is 11.5 Å². The van der Waals surface area contributed by atoms with E-state index in [1.165, 1.54) is 48.5 Å². The molecule has 0 unspecified atom stereocenters. The van der Waals surface area contributed by atoms with Crippen LogP contribution in [0.1, 0.15) is 50.9 Å². The minimum atomic E-state index is -1.68. The highest BCUT2D eigenvalue weighted by Crippen LogP contribution is 2.40. The Morgan fingerprint density at radius 3 is 1.47 bits per heavy atom. The highest BCUT2D eigenvalue weighted by molar-refractivity contribution is 8.01. The van der Waals surface area contributed by atoms with Crippen LogP contribution in [0, 0.1) is 0 Å². The Bertz CT molecular complexity index is 1670. The highest BCUT2D eigenvalue weighted by atomic mass is 32.2. The molecular weight excluding hydrogens is 709 g/mol. The quantitative estimate of drug-likeness (QED) is 0.126. The van der Waals surface area contributed by atoms with E-state index in [0.29, 0.717) is 0 Å². The fraction of sp³-hybridized carbons (Fsp3) is 0.438. The van der Waals surface area contributed by atoms with E-state index in [0.717, 1.165) is 23.5 Å². The van der Waals surface area contributed by atoms with Crippen LogP contribution in [0.4, 0.5) is 0 Å². The van der Waals surface area contributed by atoms with Gasteiger partial charge in [-0.3, -0.25) is 34.6 Å². The summed E-state index contributed by atoms with van der Waals surface area (Å²) in [6, 6.07) is 2.02. The van der Waals surface area contributed by atoms with Crippen molar-refractivity contribution in [3.8, 4) is 11.5 Å². The number of amides is 3. The van der Waals surface area contributed by atoms with Crippen molar-refractivity contribution in [3.05, 3.63) is 59.7 Å². The average Bonchev–Trinajstić information content (AvgIpc) is 3.55. The number of hydrogen-bond donors (Lipinski definition) is 11. The van der Waals surface area contributed by atoms with Crippen LogP contribution in [0.2, 0.25) is 0 Å². The number of carboxylic acid groups (broad SMARTS) is 3. The molecule has 17 nitrogen and oxygen atoms in total. The molecule has 8 atom stereocenters.